The van der Waals surface area contributed by atoms with Crippen molar-refractivity contribution in [3.05, 3.63) is 52.5 Å². The number of carbonyl (C=O) groups is 2. The maximum Gasteiger partial charge on any atom is 0.256 e. The minimum absolute atomic E-state index is 0.0109. The van der Waals surface area contributed by atoms with Crippen LogP contribution in [-0.4, -0.2) is 25.8 Å². The van der Waals surface area contributed by atoms with Gasteiger partial charge in [-0.1, -0.05) is 24.6 Å². The lowest BCUT2D eigenvalue weighted by Crippen LogP contribution is -2.40. The molecule has 162 valence electrons. The third-order valence-electron chi connectivity index (χ3n) is 4.02. The Morgan fingerprint density at radius 3 is 2.30 bits per heavy atom. The Labute approximate surface area is 182 Å². The van der Waals surface area contributed by atoms with Crippen LogP contribution in [0.25, 0.3) is 0 Å². The van der Waals surface area contributed by atoms with E-state index in [1.54, 1.807) is 58.9 Å². The molecule has 0 bridgehead atoms. The molecule has 9 heteroatoms. The van der Waals surface area contributed by atoms with Crippen LogP contribution in [0.5, 0.6) is 0 Å². The molecular formula is C21H26ClN3O4S. The number of hydrogen-bond donors (Lipinski definition) is 3. The number of carbonyl (C=O) groups excluding carboxylic acids is 2. The van der Waals surface area contributed by atoms with E-state index < -0.39 is 21.5 Å². The molecule has 0 atom stereocenters. The van der Waals surface area contributed by atoms with Crippen molar-refractivity contribution >= 4 is 44.8 Å². The van der Waals surface area contributed by atoms with Gasteiger partial charge in [0.15, 0.2) is 0 Å². The summed E-state index contributed by atoms with van der Waals surface area (Å²) in [5.41, 5.74) is 0.933. The van der Waals surface area contributed by atoms with Crippen molar-refractivity contribution in [2.24, 2.45) is 0 Å². The van der Waals surface area contributed by atoms with E-state index in [1.165, 1.54) is 12.1 Å². The van der Waals surface area contributed by atoms with Crippen molar-refractivity contribution < 1.29 is 18.0 Å². The van der Waals surface area contributed by atoms with Crippen molar-refractivity contribution in [1.82, 2.24) is 4.72 Å². The molecule has 3 N–H and O–H groups in total. The minimum atomic E-state index is -3.80. The molecule has 2 aromatic carbocycles. The Hall–Kier alpha value is -2.42. The highest BCUT2D eigenvalue weighted by Gasteiger charge is 2.23. The number of aryl methyl sites for hydroxylation is 1. The SMILES string of the molecule is CCC(=O)Nc1ccc(Cl)c(NC(=O)c2cc(S(=O)(=O)NC(C)(C)C)ccc2C)c1. The second kappa shape index (κ2) is 9.16. The zero-order valence-electron chi connectivity index (χ0n) is 17.6. The first kappa shape index (κ1) is 23.9. The minimum Gasteiger partial charge on any atom is -0.326 e. The van der Waals surface area contributed by atoms with E-state index in [9.17, 15) is 18.0 Å². The lowest BCUT2D eigenvalue weighted by atomic mass is 10.1. The van der Waals surface area contributed by atoms with Gasteiger partial charge in [-0.3, -0.25) is 9.59 Å². The molecule has 0 aliphatic carbocycles. The van der Waals surface area contributed by atoms with Crippen LogP contribution in [0, 0.1) is 6.92 Å². The molecule has 0 spiro atoms. The quantitative estimate of drug-likeness (QED) is 0.608. The standard InChI is InChI=1S/C21H26ClN3O4S/c1-6-19(26)23-14-8-10-17(22)18(11-14)24-20(27)16-12-15(9-7-13(16)2)30(28,29)25-21(3,4)5/h7-12,25H,6H2,1-5H3,(H,23,26)(H,24,27). The van der Waals surface area contributed by atoms with Crippen LogP contribution in [0.1, 0.15) is 50.0 Å². The van der Waals surface area contributed by atoms with Crippen LogP contribution >= 0.6 is 11.6 Å². The zero-order chi connectivity index (χ0) is 22.7. The van der Waals surface area contributed by atoms with E-state index in [2.05, 4.69) is 15.4 Å². The third kappa shape index (κ3) is 6.29. The number of halogens is 1. The first-order valence-electron chi connectivity index (χ1n) is 9.38. The lowest BCUT2D eigenvalue weighted by Gasteiger charge is -2.20. The van der Waals surface area contributed by atoms with Gasteiger partial charge in [0.05, 0.1) is 15.6 Å². The molecule has 30 heavy (non-hydrogen) atoms. The van der Waals surface area contributed by atoms with Crippen LogP contribution in [0.15, 0.2) is 41.3 Å². The van der Waals surface area contributed by atoms with Crippen LogP contribution < -0.4 is 15.4 Å². The third-order valence-corrected chi connectivity index (χ3v) is 6.11. The summed E-state index contributed by atoms with van der Waals surface area (Å²) in [4.78, 5) is 24.5. The summed E-state index contributed by atoms with van der Waals surface area (Å²) < 4.78 is 27.8. The molecule has 0 aliphatic rings. The molecule has 0 aromatic heterocycles. The Balaban J connectivity index is 2.34. The first-order valence-corrected chi connectivity index (χ1v) is 11.2. The smallest absolute Gasteiger partial charge is 0.256 e. The number of rotatable bonds is 6. The summed E-state index contributed by atoms with van der Waals surface area (Å²) in [7, 11) is -3.80. The Bertz CT molecular complexity index is 1080. The van der Waals surface area contributed by atoms with Gasteiger partial charge in [0.2, 0.25) is 15.9 Å². The number of nitrogens with one attached hydrogen (secondary N) is 3. The van der Waals surface area contributed by atoms with Gasteiger partial charge in [-0.05, 0) is 63.6 Å². The zero-order valence-corrected chi connectivity index (χ0v) is 19.2. The second-order valence-electron chi connectivity index (χ2n) is 7.88. The number of hydrogen-bond acceptors (Lipinski definition) is 4. The monoisotopic (exact) mass is 451 g/mol. The predicted molar refractivity (Wildman–Crippen MR) is 120 cm³/mol. The number of anilines is 2. The highest BCUT2D eigenvalue weighted by atomic mass is 35.5. The summed E-state index contributed by atoms with van der Waals surface area (Å²) in [5.74, 6) is -0.684. The lowest BCUT2D eigenvalue weighted by molar-refractivity contribution is -0.115. The number of amides is 2. The van der Waals surface area contributed by atoms with Crippen molar-refractivity contribution in [2.75, 3.05) is 10.6 Å². The summed E-state index contributed by atoms with van der Waals surface area (Å²) in [6.45, 7) is 8.64. The Kier molecular flexibility index (Phi) is 7.28. The van der Waals surface area contributed by atoms with Gasteiger partial charge in [-0.2, -0.15) is 0 Å². The topological polar surface area (TPSA) is 104 Å². The number of sulfonamides is 1. The van der Waals surface area contributed by atoms with Crippen molar-refractivity contribution in [3.63, 3.8) is 0 Å². The van der Waals surface area contributed by atoms with E-state index in [0.29, 0.717) is 23.4 Å². The molecule has 2 amide bonds. The maximum atomic E-state index is 12.9. The Morgan fingerprint density at radius 2 is 1.70 bits per heavy atom. The van der Waals surface area contributed by atoms with Crippen molar-refractivity contribution in [2.45, 2.75) is 51.5 Å². The molecule has 0 radical (unpaired) electrons. The number of benzene rings is 2. The maximum absolute atomic E-state index is 12.9. The van der Waals surface area contributed by atoms with Crippen molar-refractivity contribution in [1.29, 1.82) is 0 Å². The van der Waals surface area contributed by atoms with Gasteiger partial charge in [0.25, 0.3) is 5.91 Å². The van der Waals surface area contributed by atoms with E-state index >= 15 is 0 Å². The van der Waals surface area contributed by atoms with Gasteiger partial charge >= 0.3 is 0 Å². The summed E-state index contributed by atoms with van der Waals surface area (Å²) >= 11 is 6.18. The first-order chi connectivity index (χ1) is 13.8. The van der Waals surface area contributed by atoms with Gasteiger partial charge in [-0.15, -0.1) is 0 Å². The van der Waals surface area contributed by atoms with E-state index in [4.69, 9.17) is 11.6 Å². The highest BCUT2D eigenvalue weighted by Crippen LogP contribution is 2.27. The van der Waals surface area contributed by atoms with E-state index in [0.717, 1.165) is 0 Å². The van der Waals surface area contributed by atoms with Gasteiger partial charge in [0, 0.05) is 23.2 Å². The largest absolute Gasteiger partial charge is 0.326 e. The van der Waals surface area contributed by atoms with E-state index in [-0.39, 0.29) is 21.4 Å². The molecule has 0 saturated heterocycles. The van der Waals surface area contributed by atoms with Gasteiger partial charge in [-0.25, -0.2) is 13.1 Å². The fourth-order valence-corrected chi connectivity index (χ4v) is 4.22. The molecule has 0 aliphatic heterocycles. The molecule has 2 rings (SSSR count). The fraction of sp³-hybridized carbons (Fsp3) is 0.333. The van der Waals surface area contributed by atoms with Gasteiger partial charge in [0.1, 0.15) is 0 Å². The summed E-state index contributed by atoms with van der Waals surface area (Å²) in [6.07, 6.45) is 0.313. The average molecular weight is 452 g/mol. The average Bonchev–Trinajstić information content (AvgIpc) is 2.62. The molecule has 0 saturated carbocycles. The van der Waals surface area contributed by atoms with Crippen LogP contribution in [0.2, 0.25) is 5.02 Å². The molecule has 0 unspecified atom stereocenters. The van der Waals surface area contributed by atoms with Crippen LogP contribution in [0.3, 0.4) is 0 Å². The highest BCUT2D eigenvalue weighted by molar-refractivity contribution is 7.89. The van der Waals surface area contributed by atoms with Crippen LogP contribution in [-0.2, 0) is 14.8 Å². The van der Waals surface area contributed by atoms with Crippen molar-refractivity contribution in [3.8, 4) is 0 Å². The summed E-state index contributed by atoms with van der Waals surface area (Å²) in [5, 5.41) is 5.67. The second-order valence-corrected chi connectivity index (χ2v) is 9.97. The Morgan fingerprint density at radius 1 is 1.03 bits per heavy atom. The molecule has 0 fully saturated rings. The van der Waals surface area contributed by atoms with E-state index in [1.807, 2.05) is 0 Å². The molecule has 2 aromatic rings. The van der Waals surface area contributed by atoms with Crippen LogP contribution in [0.4, 0.5) is 11.4 Å². The molecular weight excluding hydrogens is 426 g/mol. The summed E-state index contributed by atoms with van der Waals surface area (Å²) in [6, 6.07) is 9.09. The normalized spacial score (nSPS) is 11.8. The predicted octanol–water partition coefficient (Wildman–Crippen LogP) is 4.33. The molecule has 7 nitrogen and oxygen atoms in total. The molecule has 0 heterocycles. The fourth-order valence-electron chi connectivity index (χ4n) is 2.61. The van der Waals surface area contributed by atoms with Gasteiger partial charge < -0.3 is 10.6 Å².